The number of methoxy groups -OCH3 is 1. The van der Waals surface area contributed by atoms with Crippen LogP contribution in [-0.2, 0) is 6.42 Å². The van der Waals surface area contributed by atoms with Gasteiger partial charge in [0.1, 0.15) is 0 Å². The molecule has 18 heavy (non-hydrogen) atoms. The molecule has 0 radical (unpaired) electrons. The number of halogens is 1. The summed E-state index contributed by atoms with van der Waals surface area (Å²) < 4.78 is 19.2. The standard InChI is InChI=1S/C15H22FNO/c1-3-17-11-15(8-5-9-15)10-12-6-4-7-13(18-2)14(12)16/h4,6-7,17H,3,5,8-11H2,1-2H3. The van der Waals surface area contributed by atoms with Gasteiger partial charge >= 0.3 is 0 Å². The fourth-order valence-electron chi connectivity index (χ4n) is 2.74. The topological polar surface area (TPSA) is 21.3 Å². The zero-order chi connectivity index (χ0) is 13.0. The Morgan fingerprint density at radius 2 is 2.17 bits per heavy atom. The van der Waals surface area contributed by atoms with Crippen LogP contribution in [0.3, 0.4) is 0 Å². The minimum Gasteiger partial charge on any atom is -0.494 e. The SMILES string of the molecule is CCNCC1(Cc2cccc(OC)c2F)CCC1. The third kappa shape index (κ3) is 2.66. The van der Waals surface area contributed by atoms with Crippen LogP contribution < -0.4 is 10.1 Å². The Hall–Kier alpha value is -1.09. The molecule has 0 bridgehead atoms. The van der Waals surface area contributed by atoms with Crippen LogP contribution in [0.4, 0.5) is 4.39 Å². The van der Waals surface area contributed by atoms with Gasteiger partial charge in [-0.1, -0.05) is 25.5 Å². The summed E-state index contributed by atoms with van der Waals surface area (Å²) in [7, 11) is 1.51. The van der Waals surface area contributed by atoms with Crippen molar-refractivity contribution in [2.24, 2.45) is 5.41 Å². The summed E-state index contributed by atoms with van der Waals surface area (Å²) in [6.07, 6.45) is 4.45. The van der Waals surface area contributed by atoms with E-state index in [1.165, 1.54) is 26.4 Å². The summed E-state index contributed by atoms with van der Waals surface area (Å²) in [5.41, 5.74) is 1.04. The number of hydrogen-bond donors (Lipinski definition) is 1. The number of hydrogen-bond acceptors (Lipinski definition) is 2. The molecule has 2 nitrogen and oxygen atoms in total. The Morgan fingerprint density at radius 3 is 2.72 bits per heavy atom. The van der Waals surface area contributed by atoms with Crippen LogP contribution in [0.25, 0.3) is 0 Å². The second kappa shape index (κ2) is 5.70. The van der Waals surface area contributed by atoms with Crippen molar-refractivity contribution < 1.29 is 9.13 Å². The van der Waals surface area contributed by atoms with E-state index in [0.717, 1.165) is 25.1 Å². The molecule has 0 unspecified atom stereocenters. The van der Waals surface area contributed by atoms with E-state index in [2.05, 4.69) is 12.2 Å². The van der Waals surface area contributed by atoms with E-state index in [9.17, 15) is 4.39 Å². The van der Waals surface area contributed by atoms with E-state index in [-0.39, 0.29) is 11.2 Å². The average Bonchev–Trinajstić information content (AvgIpc) is 2.34. The maximum Gasteiger partial charge on any atom is 0.168 e. The van der Waals surface area contributed by atoms with Crippen molar-refractivity contribution in [2.75, 3.05) is 20.2 Å². The van der Waals surface area contributed by atoms with Crippen molar-refractivity contribution >= 4 is 0 Å². The first-order valence-electron chi connectivity index (χ1n) is 6.73. The van der Waals surface area contributed by atoms with Crippen molar-refractivity contribution in [3.05, 3.63) is 29.6 Å². The predicted molar refractivity (Wildman–Crippen MR) is 71.5 cm³/mol. The highest BCUT2D eigenvalue weighted by molar-refractivity contribution is 5.32. The Kier molecular flexibility index (Phi) is 4.23. The lowest BCUT2D eigenvalue weighted by atomic mass is 9.65. The van der Waals surface area contributed by atoms with E-state index in [0.29, 0.717) is 5.75 Å². The van der Waals surface area contributed by atoms with Gasteiger partial charge in [-0.15, -0.1) is 0 Å². The van der Waals surface area contributed by atoms with Gasteiger partial charge in [0.15, 0.2) is 11.6 Å². The number of rotatable bonds is 6. The van der Waals surface area contributed by atoms with Crippen molar-refractivity contribution in [1.29, 1.82) is 0 Å². The Morgan fingerprint density at radius 1 is 1.39 bits per heavy atom. The highest BCUT2D eigenvalue weighted by atomic mass is 19.1. The van der Waals surface area contributed by atoms with Crippen molar-refractivity contribution in [3.8, 4) is 5.75 Å². The lowest BCUT2D eigenvalue weighted by molar-refractivity contribution is 0.129. The fraction of sp³-hybridized carbons (Fsp3) is 0.600. The van der Waals surface area contributed by atoms with E-state index in [4.69, 9.17) is 4.74 Å². The predicted octanol–water partition coefficient (Wildman–Crippen LogP) is 3.16. The molecule has 0 aromatic heterocycles. The highest BCUT2D eigenvalue weighted by Gasteiger charge is 2.37. The van der Waals surface area contributed by atoms with Crippen molar-refractivity contribution in [3.63, 3.8) is 0 Å². The minimum atomic E-state index is -0.192. The molecule has 1 fully saturated rings. The van der Waals surface area contributed by atoms with Crippen LogP contribution in [0.1, 0.15) is 31.7 Å². The smallest absolute Gasteiger partial charge is 0.168 e. The number of benzene rings is 1. The zero-order valence-electron chi connectivity index (χ0n) is 11.3. The molecule has 0 spiro atoms. The minimum absolute atomic E-state index is 0.192. The molecular formula is C15H22FNO. The van der Waals surface area contributed by atoms with Gasteiger partial charge in [0.2, 0.25) is 0 Å². The van der Waals surface area contributed by atoms with Gasteiger partial charge in [0.25, 0.3) is 0 Å². The van der Waals surface area contributed by atoms with Gasteiger partial charge in [-0.2, -0.15) is 0 Å². The van der Waals surface area contributed by atoms with E-state index in [1.54, 1.807) is 6.07 Å². The van der Waals surface area contributed by atoms with Crippen molar-refractivity contribution in [2.45, 2.75) is 32.6 Å². The van der Waals surface area contributed by atoms with Gasteiger partial charge in [-0.3, -0.25) is 0 Å². The lowest BCUT2D eigenvalue weighted by Gasteiger charge is -2.42. The van der Waals surface area contributed by atoms with Crippen molar-refractivity contribution in [1.82, 2.24) is 5.32 Å². The van der Waals surface area contributed by atoms with Gasteiger partial charge in [0.05, 0.1) is 7.11 Å². The van der Waals surface area contributed by atoms with Crippen LogP contribution in [0.2, 0.25) is 0 Å². The monoisotopic (exact) mass is 251 g/mol. The van der Waals surface area contributed by atoms with E-state index < -0.39 is 0 Å². The molecule has 1 aromatic carbocycles. The molecule has 0 atom stereocenters. The Labute approximate surface area is 109 Å². The second-order valence-corrected chi connectivity index (χ2v) is 5.24. The molecule has 1 aromatic rings. The van der Waals surface area contributed by atoms with Gasteiger partial charge < -0.3 is 10.1 Å². The summed E-state index contributed by atoms with van der Waals surface area (Å²) in [4.78, 5) is 0. The zero-order valence-corrected chi connectivity index (χ0v) is 11.3. The molecule has 0 heterocycles. The average molecular weight is 251 g/mol. The summed E-state index contributed by atoms with van der Waals surface area (Å²) in [5.74, 6) is 0.160. The maximum atomic E-state index is 14.1. The molecule has 100 valence electrons. The van der Waals surface area contributed by atoms with Crippen LogP contribution in [0.15, 0.2) is 18.2 Å². The largest absolute Gasteiger partial charge is 0.494 e. The first kappa shape index (κ1) is 13.3. The van der Waals surface area contributed by atoms with Gasteiger partial charge in [0, 0.05) is 6.54 Å². The summed E-state index contributed by atoms with van der Waals surface area (Å²) in [5, 5.41) is 3.41. The Bertz CT molecular complexity index is 401. The summed E-state index contributed by atoms with van der Waals surface area (Å²) in [6, 6.07) is 5.43. The quantitative estimate of drug-likeness (QED) is 0.838. The molecule has 1 N–H and O–H groups in total. The molecule has 0 aliphatic heterocycles. The molecular weight excluding hydrogens is 229 g/mol. The van der Waals surface area contributed by atoms with Crippen LogP contribution in [-0.4, -0.2) is 20.2 Å². The first-order valence-corrected chi connectivity index (χ1v) is 6.73. The summed E-state index contributed by atoms with van der Waals surface area (Å²) in [6.45, 7) is 4.07. The van der Waals surface area contributed by atoms with Gasteiger partial charge in [-0.05, 0) is 42.9 Å². The maximum absolute atomic E-state index is 14.1. The van der Waals surface area contributed by atoms with Crippen LogP contribution in [0, 0.1) is 11.2 Å². The van der Waals surface area contributed by atoms with Crippen LogP contribution >= 0.6 is 0 Å². The fourth-order valence-corrected chi connectivity index (χ4v) is 2.74. The summed E-state index contributed by atoms with van der Waals surface area (Å²) >= 11 is 0. The van der Waals surface area contributed by atoms with Crippen LogP contribution in [0.5, 0.6) is 5.75 Å². The van der Waals surface area contributed by atoms with E-state index in [1.807, 2.05) is 12.1 Å². The first-order chi connectivity index (χ1) is 8.71. The Balaban J connectivity index is 2.12. The third-order valence-corrected chi connectivity index (χ3v) is 3.99. The lowest BCUT2D eigenvalue weighted by Crippen LogP contribution is -2.41. The molecule has 1 saturated carbocycles. The second-order valence-electron chi connectivity index (χ2n) is 5.24. The molecule has 2 rings (SSSR count). The molecule has 0 amide bonds. The molecule has 0 saturated heterocycles. The normalized spacial score (nSPS) is 17.3. The molecule has 3 heteroatoms. The van der Waals surface area contributed by atoms with E-state index >= 15 is 0 Å². The van der Waals surface area contributed by atoms with Gasteiger partial charge in [-0.25, -0.2) is 4.39 Å². The molecule has 1 aliphatic rings. The molecule has 1 aliphatic carbocycles. The highest BCUT2D eigenvalue weighted by Crippen LogP contribution is 2.44. The number of ether oxygens (including phenoxy) is 1. The number of nitrogens with one attached hydrogen (secondary N) is 1. The third-order valence-electron chi connectivity index (χ3n) is 3.99.